The van der Waals surface area contributed by atoms with Crippen molar-refractivity contribution in [1.82, 2.24) is 9.21 Å². The molecule has 25 heavy (non-hydrogen) atoms. The van der Waals surface area contributed by atoms with Crippen LogP contribution in [-0.2, 0) is 19.6 Å². The lowest BCUT2D eigenvalue weighted by Gasteiger charge is -2.25. The van der Waals surface area contributed by atoms with Crippen LogP contribution in [0, 0.1) is 5.92 Å². The molecule has 0 N–H and O–H groups in total. The molecule has 1 amide bonds. The Morgan fingerprint density at radius 1 is 1.20 bits per heavy atom. The van der Waals surface area contributed by atoms with E-state index in [2.05, 4.69) is 0 Å². The standard InChI is InChI=1S/C17H24N2O5S/c1-12(17(21)24-4)11-19(14-7-8-14)16(20)13-5-9-15(10-6-13)25(22,23)18(2)3/h5-6,9-10,12,14H,7-8,11H2,1-4H3. The van der Waals surface area contributed by atoms with Crippen LogP contribution in [0.1, 0.15) is 30.1 Å². The molecule has 0 saturated heterocycles. The number of rotatable bonds is 7. The van der Waals surface area contributed by atoms with Crippen LogP contribution in [0.2, 0.25) is 0 Å². The average molecular weight is 368 g/mol. The fourth-order valence-corrected chi connectivity index (χ4v) is 3.40. The lowest BCUT2D eigenvalue weighted by atomic mass is 10.1. The van der Waals surface area contributed by atoms with Gasteiger partial charge in [0, 0.05) is 32.2 Å². The van der Waals surface area contributed by atoms with Crippen molar-refractivity contribution < 1.29 is 22.7 Å². The summed E-state index contributed by atoms with van der Waals surface area (Å²) >= 11 is 0. The van der Waals surface area contributed by atoms with Gasteiger partial charge in [0.15, 0.2) is 0 Å². The zero-order chi connectivity index (χ0) is 18.8. The molecule has 2 rings (SSSR count). The number of carbonyl (C=O) groups is 2. The fourth-order valence-electron chi connectivity index (χ4n) is 2.50. The first kappa shape index (κ1) is 19.4. The van der Waals surface area contributed by atoms with Crippen LogP contribution in [-0.4, -0.2) is 63.3 Å². The van der Waals surface area contributed by atoms with Gasteiger partial charge in [-0.05, 0) is 37.1 Å². The highest BCUT2D eigenvalue weighted by Crippen LogP contribution is 2.29. The van der Waals surface area contributed by atoms with Gasteiger partial charge in [0.25, 0.3) is 5.91 Å². The number of ether oxygens (including phenoxy) is 1. The van der Waals surface area contributed by atoms with Crippen molar-refractivity contribution in [2.75, 3.05) is 27.7 Å². The summed E-state index contributed by atoms with van der Waals surface area (Å²) in [5, 5.41) is 0. The smallest absolute Gasteiger partial charge is 0.310 e. The highest BCUT2D eigenvalue weighted by atomic mass is 32.2. The Morgan fingerprint density at radius 3 is 2.20 bits per heavy atom. The summed E-state index contributed by atoms with van der Waals surface area (Å²) in [5.74, 6) is -0.971. The number of hydrogen-bond acceptors (Lipinski definition) is 5. The van der Waals surface area contributed by atoms with Crippen LogP contribution in [0.4, 0.5) is 0 Å². The molecule has 7 nitrogen and oxygen atoms in total. The van der Waals surface area contributed by atoms with Gasteiger partial charge in [-0.3, -0.25) is 9.59 Å². The Morgan fingerprint density at radius 2 is 1.76 bits per heavy atom. The molecule has 1 aromatic rings. The molecule has 0 spiro atoms. The van der Waals surface area contributed by atoms with Gasteiger partial charge in [-0.2, -0.15) is 0 Å². The lowest BCUT2D eigenvalue weighted by Crippen LogP contribution is -2.38. The van der Waals surface area contributed by atoms with Crippen molar-refractivity contribution >= 4 is 21.9 Å². The third-order valence-corrected chi connectivity index (χ3v) is 6.03. The molecule has 1 atom stereocenters. The SMILES string of the molecule is COC(=O)C(C)CN(C(=O)c1ccc(S(=O)(=O)N(C)C)cc1)C1CC1. The summed E-state index contributed by atoms with van der Waals surface area (Å²) in [4.78, 5) is 26.2. The summed E-state index contributed by atoms with van der Waals surface area (Å²) < 4.78 is 30.0. The van der Waals surface area contributed by atoms with Crippen LogP contribution >= 0.6 is 0 Å². The average Bonchev–Trinajstić information content (AvgIpc) is 3.42. The number of amides is 1. The maximum absolute atomic E-state index is 12.8. The minimum Gasteiger partial charge on any atom is -0.469 e. The monoisotopic (exact) mass is 368 g/mol. The van der Waals surface area contributed by atoms with E-state index in [4.69, 9.17) is 4.74 Å². The van der Waals surface area contributed by atoms with Gasteiger partial charge < -0.3 is 9.64 Å². The molecule has 1 aromatic carbocycles. The largest absolute Gasteiger partial charge is 0.469 e. The lowest BCUT2D eigenvalue weighted by molar-refractivity contribution is -0.145. The van der Waals surface area contributed by atoms with Gasteiger partial charge in [-0.15, -0.1) is 0 Å². The summed E-state index contributed by atoms with van der Waals surface area (Å²) in [6.45, 7) is 2.01. The third kappa shape index (κ3) is 4.38. The Labute approximate surface area is 148 Å². The first-order chi connectivity index (χ1) is 11.7. The van der Waals surface area contributed by atoms with Crippen molar-refractivity contribution in [3.63, 3.8) is 0 Å². The number of nitrogens with zero attached hydrogens (tertiary/aromatic N) is 2. The molecule has 1 aliphatic carbocycles. The van der Waals surface area contributed by atoms with E-state index in [0.717, 1.165) is 17.1 Å². The highest BCUT2D eigenvalue weighted by Gasteiger charge is 2.35. The van der Waals surface area contributed by atoms with Gasteiger partial charge in [0.1, 0.15) is 0 Å². The van der Waals surface area contributed by atoms with Crippen LogP contribution in [0.5, 0.6) is 0 Å². The zero-order valence-electron chi connectivity index (χ0n) is 14.9. The Kier molecular flexibility index (Phi) is 5.84. The van der Waals surface area contributed by atoms with Crippen LogP contribution < -0.4 is 0 Å². The number of esters is 1. The molecule has 0 radical (unpaired) electrons. The normalized spacial score (nSPS) is 15.7. The van der Waals surface area contributed by atoms with Crippen molar-refractivity contribution in [2.24, 2.45) is 5.92 Å². The summed E-state index contributed by atoms with van der Waals surface area (Å²) in [6.07, 6.45) is 1.82. The van der Waals surface area contributed by atoms with E-state index >= 15 is 0 Å². The van der Waals surface area contributed by atoms with E-state index in [-0.39, 0.29) is 29.4 Å². The minimum atomic E-state index is -3.53. The molecule has 0 aliphatic heterocycles. The summed E-state index contributed by atoms with van der Waals surface area (Å²) in [6, 6.07) is 6.01. The van der Waals surface area contributed by atoms with Crippen molar-refractivity contribution in [3.8, 4) is 0 Å². The maximum Gasteiger partial charge on any atom is 0.310 e. The molecule has 1 aliphatic rings. The van der Waals surface area contributed by atoms with E-state index in [0.29, 0.717) is 5.56 Å². The van der Waals surface area contributed by atoms with Gasteiger partial charge >= 0.3 is 5.97 Å². The van der Waals surface area contributed by atoms with Crippen LogP contribution in [0.15, 0.2) is 29.2 Å². The van der Waals surface area contributed by atoms with Crippen molar-refractivity contribution in [3.05, 3.63) is 29.8 Å². The van der Waals surface area contributed by atoms with Crippen LogP contribution in [0.25, 0.3) is 0 Å². The molecule has 1 saturated carbocycles. The van der Waals surface area contributed by atoms with Crippen molar-refractivity contribution in [2.45, 2.75) is 30.7 Å². The molecular formula is C17H24N2O5S. The predicted molar refractivity (Wildman–Crippen MR) is 92.6 cm³/mol. The van der Waals surface area contributed by atoms with E-state index in [9.17, 15) is 18.0 Å². The first-order valence-electron chi connectivity index (χ1n) is 8.10. The molecule has 8 heteroatoms. The molecule has 0 heterocycles. The van der Waals surface area contributed by atoms with E-state index in [1.54, 1.807) is 11.8 Å². The maximum atomic E-state index is 12.8. The summed E-state index contributed by atoms with van der Waals surface area (Å²) in [5.41, 5.74) is 0.404. The molecule has 1 fully saturated rings. The second-order valence-corrected chi connectivity index (χ2v) is 8.58. The number of sulfonamides is 1. The molecule has 0 bridgehead atoms. The van der Waals surface area contributed by atoms with Gasteiger partial charge in [0.2, 0.25) is 10.0 Å². The Bertz CT molecular complexity index is 739. The zero-order valence-corrected chi connectivity index (χ0v) is 15.7. The Balaban J connectivity index is 2.18. The van der Waals surface area contributed by atoms with Gasteiger partial charge in [-0.25, -0.2) is 12.7 Å². The van der Waals surface area contributed by atoms with E-state index in [1.165, 1.54) is 45.5 Å². The molecule has 138 valence electrons. The number of benzene rings is 1. The van der Waals surface area contributed by atoms with Crippen LogP contribution in [0.3, 0.4) is 0 Å². The number of hydrogen-bond donors (Lipinski definition) is 0. The highest BCUT2D eigenvalue weighted by molar-refractivity contribution is 7.89. The molecular weight excluding hydrogens is 344 g/mol. The molecule has 1 unspecified atom stereocenters. The predicted octanol–water partition coefficient (Wildman–Crippen LogP) is 1.35. The van der Waals surface area contributed by atoms with E-state index < -0.39 is 15.9 Å². The Hall–Kier alpha value is -1.93. The van der Waals surface area contributed by atoms with Gasteiger partial charge in [0.05, 0.1) is 17.9 Å². The quantitative estimate of drug-likeness (QED) is 0.679. The first-order valence-corrected chi connectivity index (χ1v) is 9.54. The summed E-state index contributed by atoms with van der Waals surface area (Å²) in [7, 11) is 0.707. The van der Waals surface area contributed by atoms with Crippen molar-refractivity contribution in [1.29, 1.82) is 0 Å². The second-order valence-electron chi connectivity index (χ2n) is 6.42. The number of carbonyl (C=O) groups excluding carboxylic acids is 2. The molecule has 0 aromatic heterocycles. The number of methoxy groups -OCH3 is 1. The van der Waals surface area contributed by atoms with E-state index in [1.807, 2.05) is 0 Å². The van der Waals surface area contributed by atoms with Gasteiger partial charge in [-0.1, -0.05) is 6.92 Å². The third-order valence-electron chi connectivity index (χ3n) is 4.20. The second kappa shape index (κ2) is 7.53. The topological polar surface area (TPSA) is 84.0 Å². The minimum absolute atomic E-state index is 0.129. The fraction of sp³-hybridized carbons (Fsp3) is 0.529.